The molecule has 80 valence electrons. The molecule has 0 aliphatic carbocycles. The fourth-order valence-corrected chi connectivity index (χ4v) is 2.24. The van der Waals surface area contributed by atoms with Gasteiger partial charge in [-0.15, -0.1) is 0 Å². The van der Waals surface area contributed by atoms with E-state index in [1.54, 1.807) is 0 Å². The molecule has 1 nitrogen and oxygen atoms in total. The topological polar surface area (TPSA) is 15.8 Å². The van der Waals surface area contributed by atoms with Crippen LogP contribution in [0.5, 0.6) is 0 Å². The Labute approximate surface area is 91.5 Å². The number of H-pyrrole nitrogens is 1. The predicted octanol–water partition coefficient (Wildman–Crippen LogP) is 4.25. The molecular formula is C14H19N. The molecule has 0 aliphatic heterocycles. The number of aromatic amines is 1. The van der Waals surface area contributed by atoms with Gasteiger partial charge >= 0.3 is 0 Å². The minimum atomic E-state index is 0.307. The molecule has 0 unspecified atom stereocenters. The van der Waals surface area contributed by atoms with Gasteiger partial charge in [0.25, 0.3) is 0 Å². The number of aromatic nitrogens is 1. The Kier molecular flexibility index (Phi) is 2.56. The number of fused-ring (bicyclic) bond motifs is 1. The SMILES string of the molecule is CCC(C)(CC)c1cccc2[nH]ccc12. The number of hydrogen-bond acceptors (Lipinski definition) is 0. The van der Waals surface area contributed by atoms with Crippen LogP contribution in [-0.2, 0) is 5.41 Å². The van der Waals surface area contributed by atoms with E-state index in [0.717, 1.165) is 0 Å². The number of rotatable bonds is 3. The van der Waals surface area contributed by atoms with E-state index in [0.29, 0.717) is 5.41 Å². The third kappa shape index (κ3) is 1.56. The molecular weight excluding hydrogens is 182 g/mol. The molecule has 0 fully saturated rings. The van der Waals surface area contributed by atoms with Gasteiger partial charge < -0.3 is 4.98 Å². The lowest BCUT2D eigenvalue weighted by atomic mass is 9.76. The smallest absolute Gasteiger partial charge is 0.0456 e. The molecule has 2 rings (SSSR count). The van der Waals surface area contributed by atoms with E-state index in [1.807, 2.05) is 6.20 Å². The molecule has 1 aromatic carbocycles. The molecule has 0 amide bonds. The predicted molar refractivity (Wildman–Crippen MR) is 66.2 cm³/mol. The van der Waals surface area contributed by atoms with Crippen molar-refractivity contribution in [3.05, 3.63) is 36.0 Å². The quantitative estimate of drug-likeness (QED) is 0.764. The molecule has 0 radical (unpaired) electrons. The van der Waals surface area contributed by atoms with Gasteiger partial charge in [0.1, 0.15) is 0 Å². The van der Waals surface area contributed by atoms with Gasteiger partial charge in [-0.25, -0.2) is 0 Å². The number of hydrogen-bond donors (Lipinski definition) is 1. The average Bonchev–Trinajstić information content (AvgIpc) is 2.75. The zero-order chi connectivity index (χ0) is 10.9. The Hall–Kier alpha value is -1.24. The van der Waals surface area contributed by atoms with Crippen molar-refractivity contribution in [2.45, 2.75) is 39.0 Å². The fraction of sp³-hybridized carbons (Fsp3) is 0.429. The summed E-state index contributed by atoms with van der Waals surface area (Å²) in [5.74, 6) is 0. The highest BCUT2D eigenvalue weighted by atomic mass is 14.7. The third-order valence-electron chi connectivity index (χ3n) is 3.81. The number of benzene rings is 1. The Morgan fingerprint density at radius 1 is 1.13 bits per heavy atom. The first-order valence-electron chi connectivity index (χ1n) is 5.78. The molecule has 2 aromatic rings. The molecule has 1 N–H and O–H groups in total. The van der Waals surface area contributed by atoms with Crippen molar-refractivity contribution in [1.29, 1.82) is 0 Å². The maximum absolute atomic E-state index is 3.28. The summed E-state index contributed by atoms with van der Waals surface area (Å²) >= 11 is 0. The van der Waals surface area contributed by atoms with Crippen LogP contribution < -0.4 is 0 Å². The van der Waals surface area contributed by atoms with E-state index in [-0.39, 0.29) is 0 Å². The summed E-state index contributed by atoms with van der Waals surface area (Å²) in [4.78, 5) is 3.28. The molecule has 0 saturated carbocycles. The maximum Gasteiger partial charge on any atom is 0.0456 e. The van der Waals surface area contributed by atoms with Gasteiger partial charge in [-0.1, -0.05) is 32.9 Å². The monoisotopic (exact) mass is 201 g/mol. The molecule has 0 bridgehead atoms. The fourth-order valence-electron chi connectivity index (χ4n) is 2.24. The van der Waals surface area contributed by atoms with Crippen LogP contribution in [0.4, 0.5) is 0 Å². The van der Waals surface area contributed by atoms with Gasteiger partial charge in [-0.3, -0.25) is 0 Å². The minimum absolute atomic E-state index is 0.307. The van der Waals surface area contributed by atoms with Crippen molar-refractivity contribution in [1.82, 2.24) is 4.98 Å². The molecule has 1 heteroatoms. The van der Waals surface area contributed by atoms with E-state index >= 15 is 0 Å². The van der Waals surface area contributed by atoms with Crippen LogP contribution in [0.15, 0.2) is 30.5 Å². The maximum atomic E-state index is 3.28. The van der Waals surface area contributed by atoms with Crippen LogP contribution in [0.25, 0.3) is 10.9 Å². The highest BCUT2D eigenvalue weighted by Crippen LogP contribution is 2.35. The summed E-state index contributed by atoms with van der Waals surface area (Å²) in [6.07, 6.45) is 4.40. The zero-order valence-electron chi connectivity index (χ0n) is 9.80. The van der Waals surface area contributed by atoms with Crippen molar-refractivity contribution in [2.75, 3.05) is 0 Å². The van der Waals surface area contributed by atoms with Gasteiger partial charge in [0, 0.05) is 17.1 Å². The van der Waals surface area contributed by atoms with Crippen LogP contribution >= 0.6 is 0 Å². The summed E-state index contributed by atoms with van der Waals surface area (Å²) < 4.78 is 0. The summed E-state index contributed by atoms with van der Waals surface area (Å²) in [6, 6.07) is 8.75. The van der Waals surface area contributed by atoms with Gasteiger partial charge in [0.15, 0.2) is 0 Å². The Morgan fingerprint density at radius 3 is 2.53 bits per heavy atom. The Morgan fingerprint density at radius 2 is 1.87 bits per heavy atom. The standard InChI is InChI=1S/C14H19N/c1-4-14(3,5-2)12-7-6-8-13-11(12)9-10-15-13/h6-10,15H,4-5H2,1-3H3. The van der Waals surface area contributed by atoms with Crippen LogP contribution in [0.2, 0.25) is 0 Å². The molecule has 0 atom stereocenters. The van der Waals surface area contributed by atoms with Gasteiger partial charge in [-0.2, -0.15) is 0 Å². The minimum Gasteiger partial charge on any atom is -0.361 e. The average molecular weight is 201 g/mol. The molecule has 0 spiro atoms. The Balaban J connectivity index is 2.64. The first-order valence-corrected chi connectivity index (χ1v) is 5.78. The zero-order valence-corrected chi connectivity index (χ0v) is 9.80. The van der Waals surface area contributed by atoms with Gasteiger partial charge in [0.05, 0.1) is 0 Å². The lowest BCUT2D eigenvalue weighted by Gasteiger charge is -2.28. The first-order chi connectivity index (χ1) is 7.21. The summed E-state index contributed by atoms with van der Waals surface area (Å²) in [5.41, 5.74) is 3.04. The van der Waals surface area contributed by atoms with E-state index in [2.05, 4.69) is 50.0 Å². The lowest BCUT2D eigenvalue weighted by molar-refractivity contribution is 0.442. The van der Waals surface area contributed by atoms with Crippen molar-refractivity contribution in [3.8, 4) is 0 Å². The van der Waals surface area contributed by atoms with Crippen LogP contribution in [0, 0.1) is 0 Å². The molecule has 1 aromatic heterocycles. The highest BCUT2D eigenvalue weighted by molar-refractivity contribution is 5.83. The highest BCUT2D eigenvalue weighted by Gasteiger charge is 2.24. The summed E-state index contributed by atoms with van der Waals surface area (Å²) in [6.45, 7) is 6.90. The van der Waals surface area contributed by atoms with Gasteiger partial charge in [0.2, 0.25) is 0 Å². The molecule has 0 aliphatic rings. The molecule has 15 heavy (non-hydrogen) atoms. The second-order valence-electron chi connectivity index (χ2n) is 4.51. The van der Waals surface area contributed by atoms with Gasteiger partial charge in [-0.05, 0) is 36.0 Å². The number of nitrogens with one attached hydrogen (secondary N) is 1. The van der Waals surface area contributed by atoms with Crippen LogP contribution in [0.3, 0.4) is 0 Å². The van der Waals surface area contributed by atoms with E-state index < -0.39 is 0 Å². The van der Waals surface area contributed by atoms with Crippen molar-refractivity contribution in [3.63, 3.8) is 0 Å². The second kappa shape index (κ2) is 3.73. The first kappa shape index (κ1) is 10.3. The molecule has 0 saturated heterocycles. The van der Waals surface area contributed by atoms with E-state index in [9.17, 15) is 0 Å². The summed E-state index contributed by atoms with van der Waals surface area (Å²) in [7, 11) is 0. The normalized spacial score (nSPS) is 12.2. The summed E-state index contributed by atoms with van der Waals surface area (Å²) in [5, 5.41) is 1.38. The van der Waals surface area contributed by atoms with Crippen LogP contribution in [0.1, 0.15) is 39.2 Å². The third-order valence-corrected chi connectivity index (χ3v) is 3.81. The Bertz CT molecular complexity index is 449. The van der Waals surface area contributed by atoms with Crippen molar-refractivity contribution >= 4 is 10.9 Å². The van der Waals surface area contributed by atoms with E-state index in [4.69, 9.17) is 0 Å². The largest absolute Gasteiger partial charge is 0.361 e. The second-order valence-corrected chi connectivity index (χ2v) is 4.51. The van der Waals surface area contributed by atoms with Crippen molar-refractivity contribution in [2.24, 2.45) is 0 Å². The molecule has 1 heterocycles. The van der Waals surface area contributed by atoms with Crippen LogP contribution in [-0.4, -0.2) is 4.98 Å². The lowest BCUT2D eigenvalue weighted by Crippen LogP contribution is -2.19. The van der Waals surface area contributed by atoms with E-state index in [1.165, 1.54) is 29.3 Å². The van der Waals surface area contributed by atoms with Crippen molar-refractivity contribution < 1.29 is 0 Å².